The van der Waals surface area contributed by atoms with E-state index >= 15 is 0 Å². The van der Waals surface area contributed by atoms with Gasteiger partial charge in [0.15, 0.2) is 6.61 Å². The number of amides is 2. The van der Waals surface area contributed by atoms with Crippen LogP contribution in [0.3, 0.4) is 0 Å². The molecule has 138 valence electrons. The fraction of sp³-hybridized carbons (Fsp3) is 0.714. The number of carbonyl (C=O) groups excluding carboxylic acids is 3. The van der Waals surface area contributed by atoms with Crippen LogP contribution in [0.15, 0.2) is 0 Å². The summed E-state index contributed by atoms with van der Waals surface area (Å²) >= 11 is 2.98. The van der Waals surface area contributed by atoms with Crippen LogP contribution in [0.2, 0.25) is 0 Å². The minimum absolute atomic E-state index is 0.276. The normalized spacial score (nSPS) is 12.8. The number of carbonyl (C=O) groups is 4. The number of carboxylic acid groups (broad SMARTS) is 1. The van der Waals surface area contributed by atoms with Crippen molar-refractivity contribution in [3.05, 3.63) is 0 Å². The van der Waals surface area contributed by atoms with Crippen LogP contribution < -0.4 is 10.6 Å². The van der Waals surface area contributed by atoms with Crippen molar-refractivity contribution in [1.29, 1.82) is 0 Å². The minimum Gasteiger partial charge on any atom is -0.480 e. The Labute approximate surface area is 149 Å². The lowest BCUT2D eigenvalue weighted by Crippen LogP contribution is -2.45. The Morgan fingerprint density at radius 1 is 1.00 bits per heavy atom. The second-order valence-corrected chi connectivity index (χ2v) is 6.85. The summed E-state index contributed by atoms with van der Waals surface area (Å²) in [7, 11) is 0. The Balaban J connectivity index is 4.44. The molecule has 0 saturated heterocycles. The van der Waals surface area contributed by atoms with Crippen LogP contribution in [0.1, 0.15) is 19.8 Å². The average molecular weight is 380 g/mol. The second-order valence-electron chi connectivity index (χ2n) is 4.88. The molecule has 0 aromatic heterocycles. The Morgan fingerprint density at radius 3 is 2.00 bits per heavy atom. The standard InChI is InChI=1S/C14H24N2O6S2/c1-9(17)15-11(5-7-24-3)14(21)22-8-12(18)16-10(13(19)20)4-6-23-2/h10-11H,4-8H2,1-3H3,(H,15,17)(H,16,18)(H,19,20)/t10-,11+/m0/s1. The highest BCUT2D eigenvalue weighted by Gasteiger charge is 2.23. The lowest BCUT2D eigenvalue weighted by atomic mass is 10.2. The van der Waals surface area contributed by atoms with E-state index in [4.69, 9.17) is 9.84 Å². The van der Waals surface area contributed by atoms with Crippen molar-refractivity contribution in [3.63, 3.8) is 0 Å². The minimum atomic E-state index is -1.14. The smallest absolute Gasteiger partial charge is 0.329 e. The first-order valence-corrected chi connectivity index (χ1v) is 10.0. The molecule has 0 radical (unpaired) electrons. The van der Waals surface area contributed by atoms with Crippen molar-refractivity contribution in [1.82, 2.24) is 10.6 Å². The molecule has 0 saturated carbocycles. The molecule has 0 unspecified atom stereocenters. The van der Waals surface area contributed by atoms with Crippen molar-refractivity contribution in [2.75, 3.05) is 30.6 Å². The fourth-order valence-corrected chi connectivity index (χ4v) is 2.64. The molecule has 2 amide bonds. The molecule has 0 heterocycles. The van der Waals surface area contributed by atoms with E-state index in [0.29, 0.717) is 17.9 Å². The van der Waals surface area contributed by atoms with E-state index in [9.17, 15) is 19.2 Å². The topological polar surface area (TPSA) is 122 Å². The third-order valence-electron chi connectivity index (χ3n) is 2.86. The van der Waals surface area contributed by atoms with Crippen LogP contribution in [0.25, 0.3) is 0 Å². The van der Waals surface area contributed by atoms with Gasteiger partial charge in [-0.15, -0.1) is 0 Å². The summed E-state index contributed by atoms with van der Waals surface area (Å²) in [6.07, 6.45) is 4.36. The van der Waals surface area contributed by atoms with Crippen molar-refractivity contribution in [2.24, 2.45) is 0 Å². The molecule has 0 bridgehead atoms. The molecule has 24 heavy (non-hydrogen) atoms. The second kappa shape index (κ2) is 12.9. The third-order valence-corrected chi connectivity index (χ3v) is 4.15. The van der Waals surface area contributed by atoms with Crippen LogP contribution in [0.4, 0.5) is 0 Å². The Kier molecular flexibility index (Phi) is 12.2. The van der Waals surface area contributed by atoms with Gasteiger partial charge in [-0.1, -0.05) is 0 Å². The highest BCUT2D eigenvalue weighted by molar-refractivity contribution is 7.98. The largest absolute Gasteiger partial charge is 0.480 e. The van der Waals surface area contributed by atoms with Crippen molar-refractivity contribution < 1.29 is 29.0 Å². The molecule has 3 N–H and O–H groups in total. The van der Waals surface area contributed by atoms with E-state index < -0.39 is 36.5 Å². The van der Waals surface area contributed by atoms with Gasteiger partial charge in [-0.05, 0) is 36.9 Å². The maximum atomic E-state index is 11.9. The summed E-state index contributed by atoms with van der Waals surface area (Å²) in [4.78, 5) is 45.8. The predicted octanol–water partition coefficient (Wildman–Crippen LogP) is 0.110. The van der Waals surface area contributed by atoms with Crippen molar-refractivity contribution in [3.8, 4) is 0 Å². The summed E-state index contributed by atoms with van der Waals surface area (Å²) in [6, 6.07) is -1.85. The molecule has 0 rings (SSSR count). The van der Waals surface area contributed by atoms with Gasteiger partial charge in [0.25, 0.3) is 5.91 Å². The summed E-state index contributed by atoms with van der Waals surface area (Å²) in [6.45, 7) is 0.701. The summed E-state index contributed by atoms with van der Waals surface area (Å²) < 4.78 is 4.88. The number of hydrogen-bond acceptors (Lipinski definition) is 7. The van der Waals surface area contributed by atoms with Crippen LogP contribution in [-0.4, -0.2) is 71.6 Å². The summed E-state index contributed by atoms with van der Waals surface area (Å²) in [5.74, 6) is -1.70. The molecule has 10 heteroatoms. The Hall–Kier alpha value is -1.42. The maximum Gasteiger partial charge on any atom is 0.329 e. The highest BCUT2D eigenvalue weighted by atomic mass is 32.2. The number of aliphatic carboxylic acids is 1. The zero-order valence-corrected chi connectivity index (χ0v) is 15.6. The van der Waals surface area contributed by atoms with E-state index in [1.807, 2.05) is 12.5 Å². The van der Waals surface area contributed by atoms with Crippen LogP contribution in [0, 0.1) is 0 Å². The first-order chi connectivity index (χ1) is 11.3. The molecule has 0 fully saturated rings. The summed E-state index contributed by atoms with van der Waals surface area (Å²) in [5, 5.41) is 13.8. The number of hydrogen-bond donors (Lipinski definition) is 3. The molecular weight excluding hydrogens is 356 g/mol. The van der Waals surface area contributed by atoms with Crippen molar-refractivity contribution >= 4 is 47.3 Å². The van der Waals surface area contributed by atoms with E-state index in [0.717, 1.165) is 0 Å². The molecule has 0 spiro atoms. The van der Waals surface area contributed by atoms with Gasteiger partial charge in [0, 0.05) is 6.92 Å². The van der Waals surface area contributed by atoms with E-state index in [1.165, 1.54) is 30.4 Å². The SMILES string of the molecule is CSCC[C@H](NC(=O)COC(=O)[C@@H](CCSC)NC(C)=O)C(=O)O. The Bertz CT molecular complexity index is 447. The zero-order valence-electron chi connectivity index (χ0n) is 14.0. The molecule has 0 aromatic carbocycles. The van der Waals surface area contributed by atoms with Crippen LogP contribution in [0.5, 0.6) is 0 Å². The van der Waals surface area contributed by atoms with Gasteiger partial charge in [-0.25, -0.2) is 9.59 Å². The maximum absolute atomic E-state index is 11.9. The van der Waals surface area contributed by atoms with E-state index in [1.54, 1.807) is 0 Å². The number of thioether (sulfide) groups is 2. The average Bonchev–Trinajstić information content (AvgIpc) is 2.52. The van der Waals surface area contributed by atoms with Gasteiger partial charge in [0.05, 0.1) is 0 Å². The molecule has 0 aliphatic rings. The molecule has 0 aromatic rings. The first-order valence-electron chi connectivity index (χ1n) is 7.25. The van der Waals surface area contributed by atoms with Gasteiger partial charge in [0.2, 0.25) is 5.91 Å². The lowest BCUT2D eigenvalue weighted by molar-refractivity contribution is -0.152. The number of ether oxygens (including phenoxy) is 1. The number of esters is 1. The van der Waals surface area contributed by atoms with Gasteiger partial charge >= 0.3 is 11.9 Å². The third kappa shape index (κ3) is 10.4. The zero-order chi connectivity index (χ0) is 18.5. The summed E-state index contributed by atoms with van der Waals surface area (Å²) in [5.41, 5.74) is 0. The number of carboxylic acids is 1. The first kappa shape index (κ1) is 22.6. The van der Waals surface area contributed by atoms with Gasteiger partial charge < -0.3 is 20.5 Å². The van der Waals surface area contributed by atoms with Crippen LogP contribution >= 0.6 is 23.5 Å². The molecule has 8 nitrogen and oxygen atoms in total. The van der Waals surface area contributed by atoms with Crippen molar-refractivity contribution in [2.45, 2.75) is 31.8 Å². The Morgan fingerprint density at radius 2 is 1.54 bits per heavy atom. The van der Waals surface area contributed by atoms with E-state index in [-0.39, 0.29) is 12.3 Å². The van der Waals surface area contributed by atoms with E-state index in [2.05, 4.69) is 10.6 Å². The molecule has 0 aliphatic carbocycles. The van der Waals surface area contributed by atoms with Gasteiger partial charge in [-0.2, -0.15) is 23.5 Å². The number of nitrogens with one attached hydrogen (secondary N) is 2. The molecular formula is C14H24N2O6S2. The lowest BCUT2D eigenvalue weighted by Gasteiger charge is -2.17. The molecule has 2 atom stereocenters. The van der Waals surface area contributed by atoms with Crippen LogP contribution in [-0.2, 0) is 23.9 Å². The predicted molar refractivity (Wildman–Crippen MR) is 94.1 cm³/mol. The molecule has 0 aliphatic heterocycles. The fourth-order valence-electron chi connectivity index (χ4n) is 1.70. The van der Waals surface area contributed by atoms with Gasteiger partial charge in [-0.3, -0.25) is 9.59 Å². The van der Waals surface area contributed by atoms with Gasteiger partial charge in [0.1, 0.15) is 12.1 Å². The monoisotopic (exact) mass is 380 g/mol. The highest BCUT2D eigenvalue weighted by Crippen LogP contribution is 2.04. The number of rotatable bonds is 12. The quantitative estimate of drug-likeness (QED) is 0.408.